The molecule has 0 aliphatic heterocycles. The Hall–Kier alpha value is -6.34. The number of aromatic nitrogens is 1. The molecule has 0 bridgehead atoms. The maximum atomic E-state index is 2.44. The van der Waals surface area contributed by atoms with E-state index in [1.165, 1.54) is 130 Å². The van der Waals surface area contributed by atoms with Crippen LogP contribution in [0, 0.1) is 0 Å². The first-order chi connectivity index (χ1) is 29.2. The van der Waals surface area contributed by atoms with Crippen molar-refractivity contribution in [1.82, 2.24) is 4.57 Å². The van der Waals surface area contributed by atoms with Crippen LogP contribution in [-0.2, 0) is 0 Å². The summed E-state index contributed by atoms with van der Waals surface area (Å²) in [4.78, 5) is 0. The molecule has 0 N–H and O–H groups in total. The lowest BCUT2D eigenvalue weighted by Crippen LogP contribution is -1.93. The van der Waals surface area contributed by atoms with Gasteiger partial charge in [0.2, 0.25) is 0 Å². The number of nitrogens with zero attached hydrogens (tertiary/aromatic N) is 1. The van der Waals surface area contributed by atoms with E-state index in [0.717, 1.165) is 0 Å². The maximum absolute atomic E-state index is 2.44. The third-order valence-corrected chi connectivity index (χ3v) is 17.2. The van der Waals surface area contributed by atoms with Gasteiger partial charge in [-0.2, -0.15) is 0 Å². The molecule has 59 heavy (non-hydrogen) atoms. The predicted molar refractivity (Wildman–Crippen MR) is 263 cm³/mol. The average molecular weight is 820 g/mol. The van der Waals surface area contributed by atoms with Crippen LogP contribution in [0.2, 0.25) is 0 Å². The molecule has 0 saturated carbocycles. The van der Waals surface area contributed by atoms with Crippen LogP contribution in [0.3, 0.4) is 0 Å². The van der Waals surface area contributed by atoms with Gasteiger partial charge in [0.15, 0.2) is 0 Å². The molecule has 0 aliphatic rings. The van der Waals surface area contributed by atoms with Gasteiger partial charge in [0, 0.05) is 87.7 Å². The molecule has 5 heteroatoms. The van der Waals surface area contributed by atoms with Crippen LogP contribution in [0.5, 0.6) is 0 Å². The normalized spacial score (nSPS) is 12.4. The molecule has 0 radical (unpaired) electrons. The number of hydrogen-bond donors (Lipinski definition) is 0. The highest BCUT2D eigenvalue weighted by molar-refractivity contribution is 7.33. The first kappa shape index (κ1) is 32.6. The molecule has 9 aromatic carbocycles. The van der Waals surface area contributed by atoms with Crippen molar-refractivity contribution in [1.29, 1.82) is 0 Å². The lowest BCUT2D eigenvalue weighted by atomic mass is 9.98. The quantitative estimate of drug-likeness (QED) is 0.167. The van der Waals surface area contributed by atoms with Crippen molar-refractivity contribution >= 4 is 148 Å². The Kier molecular flexibility index (Phi) is 6.69. The topological polar surface area (TPSA) is 4.93 Å². The second-order valence-electron chi connectivity index (χ2n) is 15.6. The van der Waals surface area contributed by atoms with Crippen molar-refractivity contribution in [2.24, 2.45) is 0 Å². The molecule has 14 rings (SSSR count). The van der Waals surface area contributed by atoms with Crippen molar-refractivity contribution in [3.8, 4) is 27.9 Å². The number of hydrogen-bond acceptors (Lipinski definition) is 4. The monoisotopic (exact) mass is 819 g/mol. The molecule has 274 valence electrons. The van der Waals surface area contributed by atoms with E-state index in [1.807, 2.05) is 45.3 Å². The van der Waals surface area contributed by atoms with Gasteiger partial charge in [-0.15, -0.1) is 45.3 Å². The minimum atomic E-state index is 1.17. The Bertz CT molecular complexity index is 4080. The average Bonchev–Trinajstić information content (AvgIpc) is 4.10. The minimum absolute atomic E-state index is 1.17. The summed E-state index contributed by atoms with van der Waals surface area (Å²) in [5, 5.41) is 13.4. The van der Waals surface area contributed by atoms with E-state index in [0.29, 0.717) is 0 Å². The Morgan fingerprint density at radius 2 is 0.712 bits per heavy atom. The fraction of sp³-hybridized carbons (Fsp3) is 0. The van der Waals surface area contributed by atoms with Crippen molar-refractivity contribution < 1.29 is 0 Å². The molecule has 0 aliphatic carbocycles. The number of thiophene rings is 4. The Morgan fingerprint density at radius 1 is 0.271 bits per heavy atom. The summed E-state index contributed by atoms with van der Waals surface area (Å²) in [6.45, 7) is 0. The van der Waals surface area contributed by atoms with E-state index in [2.05, 4.69) is 180 Å². The highest BCUT2D eigenvalue weighted by Crippen LogP contribution is 2.47. The zero-order valence-corrected chi connectivity index (χ0v) is 34.6. The van der Waals surface area contributed by atoms with Gasteiger partial charge in [-0.25, -0.2) is 0 Å². The summed E-state index contributed by atoms with van der Waals surface area (Å²) in [6, 6.07) is 66.1. The molecule has 0 unspecified atom stereocenters. The van der Waals surface area contributed by atoms with Gasteiger partial charge in [-0.3, -0.25) is 0 Å². The van der Waals surface area contributed by atoms with Gasteiger partial charge in [0.1, 0.15) is 0 Å². The highest BCUT2D eigenvalue weighted by atomic mass is 32.1. The Labute approximate surface area is 353 Å². The van der Waals surface area contributed by atoms with Crippen LogP contribution in [-0.4, -0.2) is 4.57 Å². The second-order valence-corrected chi connectivity index (χ2v) is 19.9. The molecule has 5 heterocycles. The van der Waals surface area contributed by atoms with Crippen molar-refractivity contribution in [2.45, 2.75) is 0 Å². The van der Waals surface area contributed by atoms with E-state index in [-0.39, 0.29) is 0 Å². The molecule has 1 nitrogen and oxygen atoms in total. The van der Waals surface area contributed by atoms with Crippen LogP contribution < -0.4 is 0 Å². The Balaban J connectivity index is 0.962. The summed E-state index contributed by atoms with van der Waals surface area (Å²) in [5.74, 6) is 0. The lowest BCUT2D eigenvalue weighted by Gasteiger charge is -2.09. The highest BCUT2D eigenvalue weighted by Gasteiger charge is 2.18. The largest absolute Gasteiger partial charge is 0.309 e. The number of rotatable bonds is 3. The SMILES string of the molecule is c1ccc(-n2c3ccc(-c4ccc5sc6c(ccc7c8ccccc8sc76)c5c4)cc3c3cc(-c4ccc5sc6ccc7sc8ccccc8c7c6c5c4)ccc32)cc1. The van der Waals surface area contributed by atoms with Gasteiger partial charge in [0.05, 0.1) is 20.4 Å². The maximum Gasteiger partial charge on any atom is 0.0541 e. The van der Waals surface area contributed by atoms with E-state index in [4.69, 9.17) is 0 Å². The van der Waals surface area contributed by atoms with Crippen molar-refractivity contribution in [3.63, 3.8) is 0 Å². The van der Waals surface area contributed by atoms with Gasteiger partial charge in [-0.05, 0) is 107 Å². The molecule has 0 fully saturated rings. The van der Waals surface area contributed by atoms with Gasteiger partial charge < -0.3 is 4.57 Å². The minimum Gasteiger partial charge on any atom is -0.309 e. The van der Waals surface area contributed by atoms with Crippen LogP contribution in [0.15, 0.2) is 176 Å². The van der Waals surface area contributed by atoms with Crippen LogP contribution >= 0.6 is 45.3 Å². The van der Waals surface area contributed by atoms with E-state index >= 15 is 0 Å². The van der Waals surface area contributed by atoms with Crippen molar-refractivity contribution in [3.05, 3.63) is 176 Å². The zero-order valence-electron chi connectivity index (χ0n) is 31.3. The van der Waals surface area contributed by atoms with Crippen molar-refractivity contribution in [2.75, 3.05) is 0 Å². The fourth-order valence-electron chi connectivity index (χ4n) is 9.70. The third kappa shape index (κ3) is 4.64. The molecule has 14 aromatic rings. The summed E-state index contributed by atoms with van der Waals surface area (Å²) >= 11 is 7.65. The van der Waals surface area contributed by atoms with E-state index in [9.17, 15) is 0 Å². The van der Waals surface area contributed by atoms with Gasteiger partial charge in [-0.1, -0.05) is 91.0 Å². The van der Waals surface area contributed by atoms with Crippen LogP contribution in [0.4, 0.5) is 0 Å². The third-order valence-electron chi connectivity index (χ3n) is 12.4. The number of para-hydroxylation sites is 1. The number of benzene rings is 9. The Morgan fingerprint density at radius 3 is 1.36 bits per heavy atom. The fourth-order valence-corrected chi connectivity index (χ4v) is 14.4. The first-order valence-corrected chi connectivity index (χ1v) is 23.2. The predicted octanol–water partition coefficient (Wildman–Crippen LogP) is 17.6. The van der Waals surface area contributed by atoms with Gasteiger partial charge in [0.25, 0.3) is 0 Å². The molecule has 5 aromatic heterocycles. The molecular formula is C54H29NS4. The number of fused-ring (bicyclic) bond motifs is 17. The molecule has 0 amide bonds. The molecular weight excluding hydrogens is 791 g/mol. The summed E-state index contributed by atoms with van der Waals surface area (Å²) in [6.07, 6.45) is 0. The second kappa shape index (κ2) is 12.1. The smallest absolute Gasteiger partial charge is 0.0541 e. The summed E-state index contributed by atoms with van der Waals surface area (Å²) in [7, 11) is 0. The van der Waals surface area contributed by atoms with Gasteiger partial charge >= 0.3 is 0 Å². The lowest BCUT2D eigenvalue weighted by molar-refractivity contribution is 1.18. The van der Waals surface area contributed by atoms with Crippen LogP contribution in [0.1, 0.15) is 0 Å². The standard InChI is InChI=1S/C54H29NS4/c1-2-8-34(9-3-1)55-43-20-14-30(32-16-22-47-41(28-32)37-19-18-36-35-10-4-6-12-45(35)58-53(36)54(37)59-47)26-39(43)40-27-31(15-21-44(40)55)33-17-23-48-42(29-33)52-50(57-48)25-24-49-51(52)38-11-5-7-13-46(38)56-49/h1-29H. The molecule has 0 saturated heterocycles. The van der Waals surface area contributed by atoms with E-state index < -0.39 is 0 Å². The molecule has 0 atom stereocenters. The summed E-state index contributed by atoms with van der Waals surface area (Å²) < 4.78 is 13.3. The van der Waals surface area contributed by atoms with E-state index in [1.54, 1.807) is 0 Å². The molecule has 0 spiro atoms. The van der Waals surface area contributed by atoms with Crippen LogP contribution in [0.25, 0.3) is 130 Å². The zero-order chi connectivity index (χ0) is 38.3. The summed E-state index contributed by atoms with van der Waals surface area (Å²) in [5.41, 5.74) is 8.56. The first-order valence-electron chi connectivity index (χ1n) is 19.9.